The van der Waals surface area contributed by atoms with Crippen molar-refractivity contribution in [1.29, 1.82) is 0 Å². The fraction of sp³-hybridized carbons (Fsp3) is 0.0714. The minimum absolute atomic E-state index is 0.0133. The normalized spacial score (nSPS) is 10.3. The van der Waals surface area contributed by atoms with Crippen LogP contribution in [0.15, 0.2) is 42.5 Å². The van der Waals surface area contributed by atoms with Gasteiger partial charge in [0.15, 0.2) is 5.78 Å². The first-order valence-corrected chi connectivity index (χ1v) is 6.14. The van der Waals surface area contributed by atoms with Crippen LogP contribution in [0.4, 0.5) is 5.69 Å². The number of Topliss-reactive ketones (excluding diaryl/α,β-unsaturated/α-hetero) is 1. The van der Waals surface area contributed by atoms with E-state index in [2.05, 4.69) is 0 Å². The van der Waals surface area contributed by atoms with Gasteiger partial charge in [-0.15, -0.1) is 0 Å². The van der Waals surface area contributed by atoms with Gasteiger partial charge in [-0.2, -0.15) is 0 Å². The molecule has 0 atom stereocenters. The molecule has 18 heavy (non-hydrogen) atoms. The molecule has 0 saturated carbocycles. The molecule has 0 aromatic heterocycles. The zero-order valence-electron chi connectivity index (χ0n) is 9.49. The third kappa shape index (κ3) is 3.03. The molecule has 2 aromatic rings. The van der Waals surface area contributed by atoms with Crippen LogP contribution in [0, 0.1) is 0 Å². The predicted octanol–water partition coefficient (Wildman–Crippen LogP) is 4.00. The second-order valence-corrected chi connectivity index (χ2v) is 4.81. The van der Waals surface area contributed by atoms with Gasteiger partial charge in [-0.05, 0) is 35.9 Å². The van der Waals surface area contributed by atoms with Gasteiger partial charge < -0.3 is 5.73 Å². The van der Waals surface area contributed by atoms with Crippen LogP contribution in [-0.2, 0) is 6.42 Å². The molecule has 0 bridgehead atoms. The number of carbonyl (C=O) groups excluding carboxylic acids is 1. The molecule has 2 rings (SSSR count). The van der Waals surface area contributed by atoms with Crippen molar-refractivity contribution < 1.29 is 4.79 Å². The maximum atomic E-state index is 12.0. The lowest BCUT2D eigenvalue weighted by molar-refractivity contribution is 0.0993. The number of ketones is 1. The second kappa shape index (κ2) is 5.42. The van der Waals surface area contributed by atoms with E-state index in [1.54, 1.807) is 30.3 Å². The molecule has 0 aliphatic carbocycles. The minimum atomic E-state index is -0.0133. The Bertz CT molecular complexity index is 596. The van der Waals surface area contributed by atoms with Crippen molar-refractivity contribution >= 4 is 34.7 Å². The number of benzene rings is 2. The van der Waals surface area contributed by atoms with Crippen LogP contribution in [0.2, 0.25) is 10.0 Å². The lowest BCUT2D eigenvalue weighted by Gasteiger charge is -2.04. The van der Waals surface area contributed by atoms with Gasteiger partial charge in [-0.3, -0.25) is 4.79 Å². The van der Waals surface area contributed by atoms with E-state index in [1.165, 1.54) is 0 Å². The number of anilines is 1. The molecule has 0 radical (unpaired) electrons. The molecule has 0 heterocycles. The summed E-state index contributed by atoms with van der Waals surface area (Å²) in [5.74, 6) is -0.0133. The number of halogens is 2. The van der Waals surface area contributed by atoms with Crippen molar-refractivity contribution in [3.05, 3.63) is 63.6 Å². The van der Waals surface area contributed by atoms with E-state index in [1.807, 2.05) is 12.1 Å². The summed E-state index contributed by atoms with van der Waals surface area (Å²) in [4.78, 5) is 12.0. The van der Waals surface area contributed by atoms with Crippen molar-refractivity contribution in [3.63, 3.8) is 0 Å². The zero-order chi connectivity index (χ0) is 13.1. The van der Waals surface area contributed by atoms with Crippen molar-refractivity contribution in [2.24, 2.45) is 0 Å². The highest BCUT2D eigenvalue weighted by molar-refractivity contribution is 6.33. The monoisotopic (exact) mass is 279 g/mol. The molecular formula is C14H11Cl2NO. The fourth-order valence-electron chi connectivity index (χ4n) is 1.65. The molecule has 0 spiro atoms. The summed E-state index contributed by atoms with van der Waals surface area (Å²) >= 11 is 11.7. The van der Waals surface area contributed by atoms with Gasteiger partial charge in [0, 0.05) is 17.0 Å². The van der Waals surface area contributed by atoms with Crippen LogP contribution in [0.1, 0.15) is 15.9 Å². The Morgan fingerprint density at radius 2 is 1.89 bits per heavy atom. The maximum absolute atomic E-state index is 12.0. The second-order valence-electron chi connectivity index (χ2n) is 3.97. The Balaban J connectivity index is 2.19. The molecule has 0 aliphatic rings. The van der Waals surface area contributed by atoms with Crippen LogP contribution in [0.25, 0.3) is 0 Å². The summed E-state index contributed by atoms with van der Waals surface area (Å²) < 4.78 is 0. The van der Waals surface area contributed by atoms with Crippen molar-refractivity contribution in [2.75, 3.05) is 5.73 Å². The van der Waals surface area contributed by atoms with E-state index in [0.29, 0.717) is 27.7 Å². The quantitative estimate of drug-likeness (QED) is 0.682. The topological polar surface area (TPSA) is 43.1 Å². The smallest absolute Gasteiger partial charge is 0.167 e. The lowest BCUT2D eigenvalue weighted by atomic mass is 10.0. The van der Waals surface area contributed by atoms with E-state index >= 15 is 0 Å². The van der Waals surface area contributed by atoms with Crippen LogP contribution < -0.4 is 5.73 Å². The van der Waals surface area contributed by atoms with Gasteiger partial charge in [0.2, 0.25) is 0 Å². The van der Waals surface area contributed by atoms with Crippen LogP contribution in [-0.4, -0.2) is 5.78 Å². The van der Waals surface area contributed by atoms with Crippen molar-refractivity contribution in [3.8, 4) is 0 Å². The first-order valence-electron chi connectivity index (χ1n) is 5.39. The number of carbonyl (C=O) groups is 1. The molecule has 4 heteroatoms. The standard InChI is InChI=1S/C14H11Cl2NO/c15-11-3-1-2-9(6-11)7-14(18)10-4-5-12(16)13(17)8-10/h1-6,8H,7,17H2. The Morgan fingerprint density at radius 3 is 2.56 bits per heavy atom. The third-order valence-electron chi connectivity index (χ3n) is 2.57. The van der Waals surface area contributed by atoms with Crippen LogP contribution >= 0.6 is 23.2 Å². The summed E-state index contributed by atoms with van der Waals surface area (Å²) in [6.45, 7) is 0. The molecule has 0 saturated heterocycles. The lowest BCUT2D eigenvalue weighted by Crippen LogP contribution is -2.04. The van der Waals surface area contributed by atoms with Gasteiger partial charge in [0.05, 0.1) is 10.7 Å². The maximum Gasteiger partial charge on any atom is 0.167 e. The van der Waals surface area contributed by atoms with Crippen molar-refractivity contribution in [1.82, 2.24) is 0 Å². The summed E-state index contributed by atoms with van der Waals surface area (Å²) in [6, 6.07) is 12.1. The Kier molecular flexibility index (Phi) is 3.90. The molecule has 0 amide bonds. The highest BCUT2D eigenvalue weighted by atomic mass is 35.5. The first kappa shape index (κ1) is 12.9. The Labute approximate surface area is 115 Å². The van der Waals surface area contributed by atoms with Gasteiger partial charge in [-0.1, -0.05) is 35.3 Å². The average molecular weight is 280 g/mol. The summed E-state index contributed by atoms with van der Waals surface area (Å²) in [5.41, 5.74) is 7.51. The molecule has 2 aromatic carbocycles. The predicted molar refractivity (Wildman–Crippen MR) is 75.4 cm³/mol. The van der Waals surface area contributed by atoms with Gasteiger partial charge >= 0.3 is 0 Å². The summed E-state index contributed by atoms with van der Waals surface area (Å²) in [5, 5.41) is 1.07. The van der Waals surface area contributed by atoms with E-state index in [-0.39, 0.29) is 5.78 Å². The number of hydrogen-bond donors (Lipinski definition) is 1. The summed E-state index contributed by atoms with van der Waals surface area (Å²) in [6.07, 6.45) is 0.293. The van der Waals surface area contributed by atoms with Gasteiger partial charge in [-0.25, -0.2) is 0 Å². The fourth-order valence-corrected chi connectivity index (χ4v) is 1.98. The van der Waals surface area contributed by atoms with E-state index < -0.39 is 0 Å². The Morgan fingerprint density at radius 1 is 1.11 bits per heavy atom. The van der Waals surface area contributed by atoms with Crippen LogP contribution in [0.5, 0.6) is 0 Å². The minimum Gasteiger partial charge on any atom is -0.398 e. The highest BCUT2D eigenvalue weighted by Gasteiger charge is 2.09. The molecule has 92 valence electrons. The van der Waals surface area contributed by atoms with E-state index in [4.69, 9.17) is 28.9 Å². The molecule has 2 nitrogen and oxygen atoms in total. The number of rotatable bonds is 3. The summed E-state index contributed by atoms with van der Waals surface area (Å²) in [7, 11) is 0. The van der Waals surface area contributed by atoms with Crippen LogP contribution in [0.3, 0.4) is 0 Å². The van der Waals surface area contributed by atoms with E-state index in [9.17, 15) is 4.79 Å². The van der Waals surface area contributed by atoms with Gasteiger partial charge in [0.25, 0.3) is 0 Å². The van der Waals surface area contributed by atoms with Gasteiger partial charge in [0.1, 0.15) is 0 Å². The first-order chi connectivity index (χ1) is 8.56. The molecule has 0 aliphatic heterocycles. The molecule has 2 N–H and O–H groups in total. The van der Waals surface area contributed by atoms with Crippen molar-refractivity contribution in [2.45, 2.75) is 6.42 Å². The zero-order valence-corrected chi connectivity index (χ0v) is 11.0. The molecule has 0 fully saturated rings. The number of nitrogen functional groups attached to an aromatic ring is 1. The third-order valence-corrected chi connectivity index (χ3v) is 3.15. The Hall–Kier alpha value is -1.51. The largest absolute Gasteiger partial charge is 0.398 e. The molecule has 0 unspecified atom stereocenters. The number of hydrogen-bond acceptors (Lipinski definition) is 2. The highest BCUT2D eigenvalue weighted by Crippen LogP contribution is 2.21. The average Bonchev–Trinajstić information content (AvgIpc) is 2.32. The number of nitrogens with two attached hydrogens (primary N) is 1. The molecular weight excluding hydrogens is 269 g/mol. The van der Waals surface area contributed by atoms with E-state index in [0.717, 1.165) is 5.56 Å². The SMILES string of the molecule is Nc1cc(C(=O)Cc2cccc(Cl)c2)ccc1Cl.